The number of hydrogen-bond donors (Lipinski definition) is 2. The van der Waals surface area contributed by atoms with Crippen molar-refractivity contribution in [1.82, 2.24) is 15.0 Å². The molecule has 5 nitrogen and oxygen atoms in total. The molecular formula is C20H25Cl2N3O2S. The molecule has 1 heterocycles. The van der Waals surface area contributed by atoms with Gasteiger partial charge in [-0.25, -0.2) is 13.1 Å². The van der Waals surface area contributed by atoms with Crippen molar-refractivity contribution < 1.29 is 8.42 Å². The van der Waals surface area contributed by atoms with E-state index in [1.54, 1.807) is 30.6 Å². The van der Waals surface area contributed by atoms with Gasteiger partial charge < -0.3 is 5.32 Å². The van der Waals surface area contributed by atoms with Crippen LogP contribution < -0.4 is 10.0 Å². The van der Waals surface area contributed by atoms with Crippen molar-refractivity contribution in [2.24, 2.45) is 0 Å². The first-order chi connectivity index (χ1) is 12.5. The molecule has 8 heteroatoms. The van der Waals surface area contributed by atoms with E-state index in [4.69, 9.17) is 0 Å². The van der Waals surface area contributed by atoms with Crippen molar-refractivity contribution in [3.8, 4) is 0 Å². The number of halogens is 2. The summed E-state index contributed by atoms with van der Waals surface area (Å²) in [5, 5.41) is 5.08. The minimum atomic E-state index is -3.55. The molecule has 28 heavy (non-hydrogen) atoms. The van der Waals surface area contributed by atoms with Gasteiger partial charge in [-0.3, -0.25) is 4.98 Å². The average molecular weight is 442 g/mol. The largest absolute Gasteiger partial charge is 0.315 e. The summed E-state index contributed by atoms with van der Waals surface area (Å²) < 4.78 is 27.9. The minimum Gasteiger partial charge on any atom is -0.315 e. The first-order valence-electron chi connectivity index (χ1n) is 8.65. The van der Waals surface area contributed by atoms with E-state index in [-0.39, 0.29) is 35.8 Å². The Labute approximate surface area is 178 Å². The molecule has 0 aliphatic heterocycles. The molecule has 2 aromatic carbocycles. The molecule has 0 aliphatic rings. The standard InChI is InChI=1S/C20H23N3O2S.2ClH/c1-16(14-21-11-9-17-5-3-2-4-6-17)23-26(24,25)20-8-7-19-15-22-12-10-18(19)13-20;;/h2-8,10,12-13,15-16,21,23H,9,11,14H2,1H3;2*1H/t16-;;/m1../s1. The number of benzene rings is 2. The van der Waals surface area contributed by atoms with Gasteiger partial charge in [-0.1, -0.05) is 36.4 Å². The van der Waals surface area contributed by atoms with Gasteiger partial charge >= 0.3 is 0 Å². The summed E-state index contributed by atoms with van der Waals surface area (Å²) in [5.41, 5.74) is 1.26. The predicted molar refractivity (Wildman–Crippen MR) is 119 cm³/mol. The molecule has 1 atom stereocenters. The van der Waals surface area contributed by atoms with E-state index in [1.807, 2.05) is 31.2 Å². The van der Waals surface area contributed by atoms with Gasteiger partial charge in [0.1, 0.15) is 0 Å². The molecule has 0 aliphatic carbocycles. The summed E-state index contributed by atoms with van der Waals surface area (Å²) in [4.78, 5) is 4.31. The van der Waals surface area contributed by atoms with Crippen molar-refractivity contribution >= 4 is 45.6 Å². The maximum atomic E-state index is 12.6. The maximum absolute atomic E-state index is 12.6. The number of aromatic nitrogens is 1. The molecule has 0 spiro atoms. The molecular weight excluding hydrogens is 417 g/mol. The summed E-state index contributed by atoms with van der Waals surface area (Å²) in [6.07, 6.45) is 4.29. The van der Waals surface area contributed by atoms with E-state index in [9.17, 15) is 8.42 Å². The molecule has 0 amide bonds. The highest BCUT2D eigenvalue weighted by Crippen LogP contribution is 2.18. The number of nitrogens with zero attached hydrogens (tertiary/aromatic N) is 1. The molecule has 3 rings (SSSR count). The Balaban J connectivity index is 0.00000196. The van der Waals surface area contributed by atoms with Crippen molar-refractivity contribution in [2.45, 2.75) is 24.3 Å². The predicted octanol–water partition coefficient (Wildman–Crippen LogP) is 3.58. The summed E-state index contributed by atoms with van der Waals surface area (Å²) in [7, 11) is -3.55. The van der Waals surface area contributed by atoms with Crippen LogP contribution >= 0.6 is 24.8 Å². The topological polar surface area (TPSA) is 71.1 Å². The van der Waals surface area contributed by atoms with Gasteiger partial charge in [0.2, 0.25) is 10.0 Å². The van der Waals surface area contributed by atoms with Crippen molar-refractivity contribution in [2.75, 3.05) is 13.1 Å². The van der Waals surface area contributed by atoms with Crippen LogP contribution in [0.3, 0.4) is 0 Å². The number of pyridine rings is 1. The van der Waals surface area contributed by atoms with Crippen LogP contribution in [0.4, 0.5) is 0 Å². The molecule has 0 saturated heterocycles. The van der Waals surface area contributed by atoms with Crippen LogP contribution in [-0.2, 0) is 16.4 Å². The second-order valence-electron chi connectivity index (χ2n) is 6.35. The number of sulfonamides is 1. The van der Waals surface area contributed by atoms with Crippen LogP contribution in [-0.4, -0.2) is 32.5 Å². The van der Waals surface area contributed by atoms with E-state index in [0.29, 0.717) is 6.54 Å². The van der Waals surface area contributed by atoms with E-state index in [2.05, 4.69) is 27.2 Å². The fourth-order valence-electron chi connectivity index (χ4n) is 2.80. The summed E-state index contributed by atoms with van der Waals surface area (Å²) in [6.45, 7) is 3.24. The lowest BCUT2D eigenvalue weighted by Crippen LogP contribution is -2.40. The van der Waals surface area contributed by atoms with Crippen LogP contribution in [0.25, 0.3) is 10.8 Å². The zero-order valence-electron chi connectivity index (χ0n) is 15.5. The monoisotopic (exact) mass is 441 g/mol. The van der Waals surface area contributed by atoms with Crippen LogP contribution in [0, 0.1) is 0 Å². The molecule has 0 radical (unpaired) electrons. The van der Waals surface area contributed by atoms with Crippen LogP contribution in [0.5, 0.6) is 0 Å². The molecule has 1 aromatic heterocycles. The normalized spacial score (nSPS) is 12.0. The summed E-state index contributed by atoms with van der Waals surface area (Å²) in [5.74, 6) is 0. The van der Waals surface area contributed by atoms with Gasteiger partial charge in [0.05, 0.1) is 4.90 Å². The van der Waals surface area contributed by atoms with Crippen molar-refractivity contribution in [1.29, 1.82) is 0 Å². The minimum absolute atomic E-state index is 0. The van der Waals surface area contributed by atoms with Crippen LogP contribution in [0.1, 0.15) is 12.5 Å². The third-order valence-corrected chi connectivity index (χ3v) is 5.75. The third kappa shape index (κ3) is 6.72. The molecule has 152 valence electrons. The first-order valence-corrected chi connectivity index (χ1v) is 10.1. The fraction of sp³-hybridized carbons (Fsp3) is 0.250. The molecule has 0 bridgehead atoms. The van der Waals surface area contributed by atoms with E-state index in [0.717, 1.165) is 23.7 Å². The van der Waals surface area contributed by atoms with Gasteiger partial charge in [-0.15, -0.1) is 24.8 Å². The third-order valence-electron chi connectivity index (χ3n) is 4.16. The van der Waals surface area contributed by atoms with Gasteiger partial charge in [-0.2, -0.15) is 0 Å². The zero-order valence-corrected chi connectivity index (χ0v) is 18.0. The Hall–Kier alpha value is -1.70. The molecule has 0 unspecified atom stereocenters. The highest BCUT2D eigenvalue weighted by atomic mass is 35.5. The fourth-order valence-corrected chi connectivity index (χ4v) is 4.08. The quantitative estimate of drug-likeness (QED) is 0.524. The highest BCUT2D eigenvalue weighted by molar-refractivity contribution is 7.89. The Morgan fingerprint density at radius 3 is 2.50 bits per heavy atom. The maximum Gasteiger partial charge on any atom is 0.240 e. The average Bonchev–Trinajstić information content (AvgIpc) is 2.65. The first kappa shape index (κ1) is 24.3. The molecule has 2 N–H and O–H groups in total. The lowest BCUT2D eigenvalue weighted by atomic mass is 10.1. The van der Waals surface area contributed by atoms with Crippen molar-refractivity contribution in [3.63, 3.8) is 0 Å². The van der Waals surface area contributed by atoms with Crippen LogP contribution in [0.2, 0.25) is 0 Å². The Bertz CT molecular complexity index is 969. The smallest absolute Gasteiger partial charge is 0.240 e. The highest BCUT2D eigenvalue weighted by Gasteiger charge is 2.17. The number of nitrogens with one attached hydrogen (secondary N) is 2. The molecule has 0 fully saturated rings. The molecule has 0 saturated carbocycles. The van der Waals surface area contributed by atoms with E-state index < -0.39 is 10.0 Å². The Kier molecular flexibility index (Phi) is 9.85. The van der Waals surface area contributed by atoms with Gasteiger partial charge in [0.15, 0.2) is 0 Å². The Morgan fingerprint density at radius 1 is 1.00 bits per heavy atom. The lowest BCUT2D eigenvalue weighted by Gasteiger charge is -2.15. The van der Waals surface area contributed by atoms with Gasteiger partial charge in [-0.05, 0) is 49.0 Å². The van der Waals surface area contributed by atoms with Crippen molar-refractivity contribution in [3.05, 3.63) is 72.6 Å². The van der Waals surface area contributed by atoms with Crippen LogP contribution in [0.15, 0.2) is 71.9 Å². The van der Waals surface area contributed by atoms with E-state index in [1.165, 1.54) is 5.56 Å². The zero-order chi connectivity index (χ0) is 18.4. The van der Waals surface area contributed by atoms with Gasteiger partial charge in [0, 0.05) is 30.4 Å². The Morgan fingerprint density at radius 2 is 1.75 bits per heavy atom. The number of rotatable bonds is 8. The number of hydrogen-bond acceptors (Lipinski definition) is 4. The SMILES string of the molecule is C[C@H](CNCCc1ccccc1)NS(=O)(=O)c1ccc2cnccc2c1.Cl.Cl. The summed E-state index contributed by atoms with van der Waals surface area (Å²) in [6, 6.07) is 16.9. The second kappa shape index (κ2) is 11.3. The molecule has 3 aromatic rings. The second-order valence-corrected chi connectivity index (χ2v) is 8.06. The lowest BCUT2D eigenvalue weighted by molar-refractivity contribution is 0.537. The summed E-state index contributed by atoms with van der Waals surface area (Å²) >= 11 is 0. The number of fused-ring (bicyclic) bond motifs is 1. The van der Waals surface area contributed by atoms with Gasteiger partial charge in [0.25, 0.3) is 0 Å². The van der Waals surface area contributed by atoms with E-state index >= 15 is 0 Å².